The number of carbonyl (C=O) groups excluding carboxylic acids is 2. The summed E-state index contributed by atoms with van der Waals surface area (Å²) in [4.78, 5) is 36.9. The van der Waals surface area contributed by atoms with Gasteiger partial charge in [-0.1, -0.05) is 30.3 Å². The summed E-state index contributed by atoms with van der Waals surface area (Å²) in [6, 6.07) is 19.6. The van der Waals surface area contributed by atoms with Crippen LogP contribution in [0, 0.1) is 6.57 Å². The first-order valence-corrected chi connectivity index (χ1v) is 13.5. The van der Waals surface area contributed by atoms with Crippen molar-refractivity contribution in [3.05, 3.63) is 89.4 Å². The third kappa shape index (κ3) is 6.15. The van der Waals surface area contributed by atoms with E-state index in [4.69, 9.17) is 11.3 Å². The Bertz CT molecular complexity index is 1610. The molecule has 0 saturated carbocycles. The van der Waals surface area contributed by atoms with Gasteiger partial charge in [-0.15, -0.1) is 0 Å². The maximum Gasteiger partial charge on any atom is 0.410 e. The molecule has 1 saturated heterocycles. The second-order valence-electron chi connectivity index (χ2n) is 11.0. The molecule has 204 valence electrons. The van der Waals surface area contributed by atoms with Crippen molar-refractivity contribution < 1.29 is 14.3 Å². The molecule has 40 heavy (non-hydrogen) atoms. The van der Waals surface area contributed by atoms with E-state index in [-0.39, 0.29) is 12.0 Å². The SMILES string of the molecule is [C-]#[N+]c1ccc2nccc(NCCc3ccc4cc(C(=O)N5CCN(C(=O)OC(C)(C)C)CC5)ccc4c3)c2c1. The highest BCUT2D eigenvalue weighted by Crippen LogP contribution is 2.26. The lowest BCUT2D eigenvalue weighted by molar-refractivity contribution is 0.0141. The first-order chi connectivity index (χ1) is 19.2. The maximum atomic E-state index is 13.2. The van der Waals surface area contributed by atoms with Gasteiger partial charge in [0.25, 0.3) is 5.91 Å². The molecule has 0 radical (unpaired) electrons. The van der Waals surface area contributed by atoms with Gasteiger partial charge in [0.15, 0.2) is 5.69 Å². The standard InChI is InChI=1S/C32H33N5O3/c1-32(2,3)40-31(39)37-17-15-36(16-18-37)30(38)25-8-7-23-19-22(5-6-24(23)20-25)11-13-34-29-12-14-35-28-10-9-26(33-4)21-27(28)29/h5-10,12,14,19-21H,11,13,15-18H2,1-3H3,(H,34,35). The monoisotopic (exact) mass is 535 g/mol. The fourth-order valence-electron chi connectivity index (χ4n) is 4.88. The van der Waals surface area contributed by atoms with E-state index in [1.54, 1.807) is 22.1 Å². The van der Waals surface area contributed by atoms with Crippen molar-refractivity contribution in [3.8, 4) is 0 Å². The number of fused-ring (bicyclic) bond motifs is 2. The van der Waals surface area contributed by atoms with Crippen LogP contribution in [0.3, 0.4) is 0 Å². The third-order valence-corrected chi connectivity index (χ3v) is 6.95. The van der Waals surface area contributed by atoms with Crippen LogP contribution in [-0.2, 0) is 11.2 Å². The lowest BCUT2D eigenvalue weighted by Crippen LogP contribution is -2.51. The minimum absolute atomic E-state index is 0.0232. The van der Waals surface area contributed by atoms with Crippen LogP contribution in [0.1, 0.15) is 36.7 Å². The molecule has 2 amide bonds. The number of nitrogens with one attached hydrogen (secondary N) is 1. The normalized spacial score (nSPS) is 13.8. The molecule has 0 aliphatic carbocycles. The number of hydrogen-bond donors (Lipinski definition) is 1. The highest BCUT2D eigenvalue weighted by molar-refractivity contribution is 5.99. The predicted molar refractivity (Wildman–Crippen MR) is 158 cm³/mol. The average Bonchev–Trinajstić information content (AvgIpc) is 2.95. The van der Waals surface area contributed by atoms with E-state index in [1.165, 1.54) is 5.56 Å². The van der Waals surface area contributed by atoms with Crippen LogP contribution in [-0.4, -0.2) is 65.1 Å². The summed E-state index contributed by atoms with van der Waals surface area (Å²) in [5, 5.41) is 6.53. The van der Waals surface area contributed by atoms with E-state index in [9.17, 15) is 9.59 Å². The van der Waals surface area contributed by atoms with Crippen LogP contribution in [0.5, 0.6) is 0 Å². The molecule has 0 bridgehead atoms. The quantitative estimate of drug-likeness (QED) is 0.304. The van der Waals surface area contributed by atoms with Crippen molar-refractivity contribution in [2.75, 3.05) is 38.0 Å². The molecule has 1 aliphatic heterocycles. The summed E-state index contributed by atoms with van der Waals surface area (Å²) >= 11 is 0. The predicted octanol–water partition coefficient (Wildman–Crippen LogP) is 6.29. The second kappa shape index (κ2) is 11.2. The van der Waals surface area contributed by atoms with E-state index in [0.717, 1.165) is 40.3 Å². The number of anilines is 1. The molecular formula is C32H33N5O3. The molecule has 3 aromatic carbocycles. The number of nitrogens with zero attached hydrogens (tertiary/aromatic N) is 4. The van der Waals surface area contributed by atoms with Crippen LogP contribution in [0.4, 0.5) is 16.2 Å². The van der Waals surface area contributed by atoms with Gasteiger partial charge in [-0.3, -0.25) is 9.78 Å². The number of carbonyl (C=O) groups is 2. The Kier molecular flexibility index (Phi) is 7.56. The topological polar surface area (TPSA) is 79.1 Å². The molecule has 8 nitrogen and oxygen atoms in total. The number of amides is 2. The molecule has 0 atom stereocenters. The Morgan fingerprint density at radius 1 is 0.950 bits per heavy atom. The van der Waals surface area contributed by atoms with Gasteiger partial charge in [-0.05, 0) is 73.9 Å². The van der Waals surface area contributed by atoms with Crippen molar-refractivity contribution in [2.45, 2.75) is 32.8 Å². The Morgan fingerprint density at radius 2 is 1.68 bits per heavy atom. The zero-order valence-electron chi connectivity index (χ0n) is 23.1. The van der Waals surface area contributed by atoms with E-state index in [1.807, 2.05) is 57.2 Å². The molecule has 0 unspecified atom stereocenters. The number of ether oxygens (including phenoxy) is 1. The summed E-state index contributed by atoms with van der Waals surface area (Å²) in [6.45, 7) is 15.4. The van der Waals surface area contributed by atoms with Crippen molar-refractivity contribution in [2.24, 2.45) is 0 Å². The molecule has 2 heterocycles. The largest absolute Gasteiger partial charge is 0.444 e. The molecule has 5 rings (SSSR count). The number of aromatic nitrogens is 1. The number of hydrogen-bond acceptors (Lipinski definition) is 5. The van der Waals surface area contributed by atoms with Gasteiger partial charge in [0.2, 0.25) is 0 Å². The summed E-state index contributed by atoms with van der Waals surface area (Å²) < 4.78 is 5.46. The molecule has 8 heteroatoms. The van der Waals surface area contributed by atoms with E-state index in [2.05, 4.69) is 33.3 Å². The Balaban J connectivity index is 1.19. The van der Waals surface area contributed by atoms with E-state index in [0.29, 0.717) is 37.4 Å². The Labute approximate surface area is 234 Å². The molecular weight excluding hydrogens is 502 g/mol. The highest BCUT2D eigenvalue weighted by Gasteiger charge is 2.28. The molecule has 1 N–H and O–H groups in total. The number of piperazine rings is 1. The zero-order chi connectivity index (χ0) is 28.3. The van der Waals surface area contributed by atoms with Gasteiger partial charge in [0.05, 0.1) is 12.1 Å². The van der Waals surface area contributed by atoms with Crippen molar-refractivity contribution in [3.63, 3.8) is 0 Å². The number of pyridine rings is 1. The minimum Gasteiger partial charge on any atom is -0.444 e. The fraction of sp³-hybridized carbons (Fsp3) is 0.312. The van der Waals surface area contributed by atoms with Crippen LogP contribution in [0.25, 0.3) is 26.5 Å². The van der Waals surface area contributed by atoms with E-state index < -0.39 is 5.60 Å². The molecule has 4 aromatic rings. The van der Waals surface area contributed by atoms with Gasteiger partial charge in [0, 0.05) is 55.6 Å². The summed E-state index contributed by atoms with van der Waals surface area (Å²) in [7, 11) is 0. The third-order valence-electron chi connectivity index (χ3n) is 6.95. The smallest absolute Gasteiger partial charge is 0.410 e. The van der Waals surface area contributed by atoms with Gasteiger partial charge in [0.1, 0.15) is 5.60 Å². The van der Waals surface area contributed by atoms with Gasteiger partial charge >= 0.3 is 6.09 Å². The number of benzene rings is 3. The molecule has 1 aromatic heterocycles. The second-order valence-corrected chi connectivity index (χ2v) is 11.0. The summed E-state index contributed by atoms with van der Waals surface area (Å²) in [5.41, 5.74) is 3.72. The minimum atomic E-state index is -0.538. The lowest BCUT2D eigenvalue weighted by Gasteiger charge is -2.35. The lowest BCUT2D eigenvalue weighted by atomic mass is 10.0. The summed E-state index contributed by atoms with van der Waals surface area (Å²) in [5.74, 6) is -0.0232. The average molecular weight is 536 g/mol. The maximum absolute atomic E-state index is 13.2. The van der Waals surface area contributed by atoms with Crippen LogP contribution < -0.4 is 5.32 Å². The van der Waals surface area contributed by atoms with Gasteiger partial charge in [-0.2, -0.15) is 0 Å². The van der Waals surface area contributed by atoms with Crippen LogP contribution in [0.15, 0.2) is 66.9 Å². The number of rotatable bonds is 5. The summed E-state index contributed by atoms with van der Waals surface area (Å²) in [6.07, 6.45) is 2.27. The van der Waals surface area contributed by atoms with Crippen molar-refractivity contribution in [1.29, 1.82) is 0 Å². The Morgan fingerprint density at radius 3 is 2.42 bits per heavy atom. The molecule has 0 spiro atoms. The van der Waals surface area contributed by atoms with Crippen LogP contribution >= 0.6 is 0 Å². The van der Waals surface area contributed by atoms with Gasteiger partial charge < -0.3 is 19.9 Å². The first kappa shape index (κ1) is 26.9. The first-order valence-electron chi connectivity index (χ1n) is 13.5. The van der Waals surface area contributed by atoms with E-state index >= 15 is 0 Å². The van der Waals surface area contributed by atoms with Gasteiger partial charge in [-0.25, -0.2) is 9.64 Å². The zero-order valence-corrected chi connectivity index (χ0v) is 23.1. The highest BCUT2D eigenvalue weighted by atomic mass is 16.6. The molecule has 1 aliphatic rings. The fourth-order valence-corrected chi connectivity index (χ4v) is 4.88. The molecule has 1 fully saturated rings. The van der Waals surface area contributed by atoms with Crippen molar-refractivity contribution >= 4 is 45.1 Å². The van der Waals surface area contributed by atoms with Crippen LogP contribution in [0.2, 0.25) is 0 Å². The van der Waals surface area contributed by atoms with Crippen molar-refractivity contribution in [1.82, 2.24) is 14.8 Å². The Hall–Kier alpha value is -4.64.